The molecule has 0 saturated carbocycles. The van der Waals surface area contributed by atoms with Crippen molar-refractivity contribution >= 4 is 47.2 Å². The number of nitro benzene ring substituents is 1. The molecule has 1 aliphatic rings. The number of carboxylic acid groups (broad SMARTS) is 1. The molecule has 0 bridgehead atoms. The number of nitro groups is 1. The third-order valence-electron chi connectivity index (χ3n) is 3.19. The van der Waals surface area contributed by atoms with Crippen LogP contribution in [0.5, 0.6) is 0 Å². The Morgan fingerprint density at radius 3 is 2.64 bits per heavy atom. The van der Waals surface area contributed by atoms with Gasteiger partial charge in [0.25, 0.3) is 5.69 Å². The standard InChI is InChI=1S/C15H8ClNO4S/c16-12-6-9(15(18)19)7-14-11(12)3-1-8-5-10(17(20)21)2-4-13(8)22-14/h1-7H,(H,18,19). The smallest absolute Gasteiger partial charge is 0.335 e. The second-order valence-corrected chi connectivity index (χ2v) is 6.08. The second kappa shape index (κ2) is 5.47. The highest BCUT2D eigenvalue weighted by atomic mass is 35.5. The molecule has 22 heavy (non-hydrogen) atoms. The van der Waals surface area contributed by atoms with Crippen LogP contribution in [0.3, 0.4) is 0 Å². The molecule has 0 fully saturated rings. The number of non-ortho nitro benzene ring substituents is 1. The van der Waals surface area contributed by atoms with Crippen molar-refractivity contribution in [3.05, 3.63) is 62.2 Å². The van der Waals surface area contributed by atoms with Crippen LogP contribution in [0.1, 0.15) is 21.5 Å². The van der Waals surface area contributed by atoms with Crippen LogP contribution in [0.4, 0.5) is 5.69 Å². The van der Waals surface area contributed by atoms with E-state index in [0.29, 0.717) is 21.0 Å². The minimum absolute atomic E-state index is 0.00674. The molecule has 1 heterocycles. The monoisotopic (exact) mass is 333 g/mol. The van der Waals surface area contributed by atoms with Crippen molar-refractivity contribution in [2.24, 2.45) is 0 Å². The quantitative estimate of drug-likeness (QED) is 0.548. The van der Waals surface area contributed by atoms with Gasteiger partial charge in [-0.25, -0.2) is 4.79 Å². The molecule has 0 atom stereocenters. The van der Waals surface area contributed by atoms with E-state index in [2.05, 4.69) is 0 Å². The third kappa shape index (κ3) is 2.58. The van der Waals surface area contributed by atoms with Gasteiger partial charge >= 0.3 is 5.97 Å². The average Bonchev–Trinajstić information content (AvgIpc) is 2.65. The summed E-state index contributed by atoms with van der Waals surface area (Å²) in [5.74, 6) is -1.05. The molecule has 2 aromatic rings. The first-order valence-electron chi connectivity index (χ1n) is 6.17. The molecule has 0 saturated heterocycles. The summed E-state index contributed by atoms with van der Waals surface area (Å²) in [5.41, 5.74) is 1.51. The normalized spacial score (nSPS) is 12.2. The minimum Gasteiger partial charge on any atom is -0.478 e. The highest BCUT2D eigenvalue weighted by Gasteiger charge is 2.18. The summed E-state index contributed by atoms with van der Waals surface area (Å²) in [6.07, 6.45) is 3.49. The average molecular weight is 334 g/mol. The molecule has 1 N–H and O–H groups in total. The maximum atomic E-state index is 11.1. The van der Waals surface area contributed by atoms with E-state index in [1.165, 1.54) is 30.0 Å². The van der Waals surface area contributed by atoms with Gasteiger partial charge in [-0.05, 0) is 23.8 Å². The Balaban J connectivity index is 2.14. The van der Waals surface area contributed by atoms with Gasteiger partial charge in [-0.15, -0.1) is 0 Å². The van der Waals surface area contributed by atoms with E-state index in [1.807, 2.05) is 0 Å². The lowest BCUT2D eigenvalue weighted by Gasteiger charge is -2.08. The minimum atomic E-state index is -1.05. The van der Waals surface area contributed by atoms with Crippen molar-refractivity contribution in [2.45, 2.75) is 9.79 Å². The van der Waals surface area contributed by atoms with Gasteiger partial charge in [0, 0.05) is 32.5 Å². The zero-order valence-electron chi connectivity index (χ0n) is 10.9. The van der Waals surface area contributed by atoms with E-state index in [0.717, 1.165) is 4.90 Å². The van der Waals surface area contributed by atoms with Gasteiger partial charge in [-0.1, -0.05) is 35.5 Å². The largest absolute Gasteiger partial charge is 0.478 e. The predicted molar refractivity (Wildman–Crippen MR) is 84.6 cm³/mol. The molecule has 0 unspecified atom stereocenters. The first-order valence-corrected chi connectivity index (χ1v) is 7.36. The van der Waals surface area contributed by atoms with Crippen molar-refractivity contribution in [3.8, 4) is 0 Å². The van der Waals surface area contributed by atoms with Crippen LogP contribution >= 0.6 is 23.4 Å². The number of nitrogens with zero attached hydrogens (tertiary/aromatic N) is 1. The molecule has 1 aliphatic heterocycles. The number of carboxylic acids is 1. The third-order valence-corrected chi connectivity index (χ3v) is 4.65. The number of hydrogen-bond donors (Lipinski definition) is 1. The van der Waals surface area contributed by atoms with Gasteiger partial charge < -0.3 is 5.11 Å². The van der Waals surface area contributed by atoms with Gasteiger partial charge in [0.2, 0.25) is 0 Å². The molecule has 0 spiro atoms. The fourth-order valence-corrected chi connectivity index (χ4v) is 3.56. The van der Waals surface area contributed by atoms with Gasteiger partial charge in [0.15, 0.2) is 0 Å². The summed E-state index contributed by atoms with van der Waals surface area (Å²) >= 11 is 7.49. The Hall–Kier alpha value is -2.31. The Morgan fingerprint density at radius 1 is 1.18 bits per heavy atom. The predicted octanol–water partition coefficient (Wildman–Crippen LogP) is 4.58. The molecule has 110 valence electrons. The summed E-state index contributed by atoms with van der Waals surface area (Å²) in [7, 11) is 0. The maximum Gasteiger partial charge on any atom is 0.335 e. The van der Waals surface area contributed by atoms with Gasteiger partial charge in [-0.2, -0.15) is 0 Å². The van der Waals surface area contributed by atoms with Crippen molar-refractivity contribution in [2.75, 3.05) is 0 Å². The van der Waals surface area contributed by atoms with Crippen LogP contribution in [0.15, 0.2) is 40.1 Å². The highest BCUT2D eigenvalue weighted by molar-refractivity contribution is 7.99. The molecule has 0 aromatic heterocycles. The van der Waals surface area contributed by atoms with Crippen molar-refractivity contribution in [1.29, 1.82) is 0 Å². The fraction of sp³-hybridized carbons (Fsp3) is 0. The summed E-state index contributed by atoms with van der Waals surface area (Å²) in [5, 5.41) is 20.3. The van der Waals surface area contributed by atoms with E-state index in [9.17, 15) is 14.9 Å². The molecule has 5 nitrogen and oxygen atoms in total. The fourth-order valence-electron chi connectivity index (χ4n) is 2.13. The number of hydrogen-bond acceptors (Lipinski definition) is 4. The van der Waals surface area contributed by atoms with Crippen LogP contribution < -0.4 is 0 Å². The van der Waals surface area contributed by atoms with E-state index < -0.39 is 10.9 Å². The van der Waals surface area contributed by atoms with Gasteiger partial charge in [-0.3, -0.25) is 10.1 Å². The van der Waals surface area contributed by atoms with Gasteiger partial charge in [0.05, 0.1) is 10.5 Å². The topological polar surface area (TPSA) is 80.4 Å². The number of fused-ring (bicyclic) bond motifs is 2. The van der Waals surface area contributed by atoms with Crippen molar-refractivity contribution in [3.63, 3.8) is 0 Å². The Kier molecular flexibility index (Phi) is 3.64. The van der Waals surface area contributed by atoms with Crippen molar-refractivity contribution < 1.29 is 14.8 Å². The van der Waals surface area contributed by atoms with E-state index in [1.54, 1.807) is 24.3 Å². The lowest BCUT2D eigenvalue weighted by Crippen LogP contribution is -1.97. The van der Waals surface area contributed by atoms with Gasteiger partial charge in [0.1, 0.15) is 0 Å². The van der Waals surface area contributed by atoms with Crippen LogP contribution in [0.25, 0.3) is 12.2 Å². The zero-order chi connectivity index (χ0) is 15.9. The zero-order valence-corrected chi connectivity index (χ0v) is 12.5. The Morgan fingerprint density at radius 2 is 1.95 bits per heavy atom. The lowest BCUT2D eigenvalue weighted by molar-refractivity contribution is -0.384. The molecule has 0 amide bonds. The molecule has 0 aliphatic carbocycles. The number of rotatable bonds is 2. The Bertz CT molecular complexity index is 848. The highest BCUT2D eigenvalue weighted by Crippen LogP contribution is 2.41. The molecule has 2 aromatic carbocycles. The number of aromatic carboxylic acids is 1. The maximum absolute atomic E-state index is 11.1. The molecular weight excluding hydrogens is 326 g/mol. The summed E-state index contributed by atoms with van der Waals surface area (Å²) < 4.78 is 0. The lowest BCUT2D eigenvalue weighted by atomic mass is 10.1. The molecule has 7 heteroatoms. The van der Waals surface area contributed by atoms with Crippen LogP contribution in [0.2, 0.25) is 5.02 Å². The SMILES string of the molecule is O=C(O)c1cc(Cl)c2c(c1)Sc1ccc([N+](=O)[O-])cc1C=C2. The number of halogens is 1. The molecule has 3 rings (SSSR count). The Labute approximate surface area is 134 Å². The first-order chi connectivity index (χ1) is 10.5. The number of benzene rings is 2. The van der Waals surface area contributed by atoms with E-state index >= 15 is 0 Å². The van der Waals surface area contributed by atoms with Crippen LogP contribution in [-0.2, 0) is 0 Å². The summed E-state index contributed by atoms with van der Waals surface area (Å²) in [6.45, 7) is 0. The van der Waals surface area contributed by atoms with E-state index in [-0.39, 0.29) is 11.3 Å². The summed E-state index contributed by atoms with van der Waals surface area (Å²) in [4.78, 5) is 23.0. The van der Waals surface area contributed by atoms with Crippen LogP contribution in [-0.4, -0.2) is 16.0 Å². The number of carbonyl (C=O) groups is 1. The molecule has 0 radical (unpaired) electrons. The van der Waals surface area contributed by atoms with Crippen LogP contribution in [0, 0.1) is 10.1 Å². The van der Waals surface area contributed by atoms with E-state index in [4.69, 9.17) is 16.7 Å². The van der Waals surface area contributed by atoms with Crippen molar-refractivity contribution in [1.82, 2.24) is 0 Å². The first kappa shape index (κ1) is 14.6. The molecular formula is C15H8ClNO4S. The summed E-state index contributed by atoms with van der Waals surface area (Å²) in [6, 6.07) is 7.50. The second-order valence-electron chi connectivity index (χ2n) is 4.59.